The van der Waals surface area contributed by atoms with Gasteiger partial charge >= 0.3 is 5.97 Å². The van der Waals surface area contributed by atoms with E-state index in [-0.39, 0.29) is 18.9 Å². The molecule has 1 amide bonds. The van der Waals surface area contributed by atoms with Crippen LogP contribution in [0.1, 0.15) is 11.1 Å². The van der Waals surface area contributed by atoms with Crippen molar-refractivity contribution in [1.29, 1.82) is 5.26 Å². The van der Waals surface area contributed by atoms with Crippen LogP contribution in [0.5, 0.6) is 11.5 Å². The highest BCUT2D eigenvalue weighted by atomic mass is 16.7. The monoisotopic (exact) mass is 407 g/mol. The van der Waals surface area contributed by atoms with Gasteiger partial charge in [-0.25, -0.2) is 4.79 Å². The Labute approximate surface area is 174 Å². The van der Waals surface area contributed by atoms with E-state index in [0.717, 1.165) is 11.3 Å². The minimum absolute atomic E-state index is 0.176. The number of amides is 1. The Morgan fingerprint density at radius 2 is 1.90 bits per heavy atom. The quantitative estimate of drug-likeness (QED) is 0.427. The van der Waals surface area contributed by atoms with Gasteiger partial charge in [0.05, 0.1) is 0 Å². The number of nitrogens with one attached hydrogen (secondary N) is 1. The summed E-state index contributed by atoms with van der Waals surface area (Å²) >= 11 is 0. The predicted molar refractivity (Wildman–Crippen MR) is 110 cm³/mol. The van der Waals surface area contributed by atoms with Gasteiger partial charge in [-0.15, -0.1) is 0 Å². The zero-order valence-corrected chi connectivity index (χ0v) is 16.7. The van der Waals surface area contributed by atoms with E-state index in [0.29, 0.717) is 17.1 Å². The number of nitrogens with zero attached hydrogens (tertiary/aromatic N) is 2. The molecule has 154 valence electrons. The van der Waals surface area contributed by atoms with Crippen LogP contribution in [-0.4, -0.2) is 39.4 Å². The van der Waals surface area contributed by atoms with Crippen LogP contribution in [0.4, 0.5) is 5.69 Å². The third kappa shape index (κ3) is 5.29. The number of benzene rings is 2. The van der Waals surface area contributed by atoms with Gasteiger partial charge in [-0.05, 0) is 41.5 Å². The first-order valence-electron chi connectivity index (χ1n) is 9.18. The summed E-state index contributed by atoms with van der Waals surface area (Å²) < 4.78 is 15.5. The first kappa shape index (κ1) is 20.7. The van der Waals surface area contributed by atoms with Crippen LogP contribution in [0.25, 0.3) is 6.08 Å². The van der Waals surface area contributed by atoms with Crippen LogP contribution < -0.4 is 19.7 Å². The van der Waals surface area contributed by atoms with Crippen LogP contribution in [0.2, 0.25) is 0 Å². The second-order valence-electron chi connectivity index (χ2n) is 6.70. The standard InChI is InChI=1S/C22H21N3O5/c1-25(2)18-6-3-15(4-7-18)9-17(11-23)22(27)28-13-21(26)24-12-16-5-8-19-20(10-16)30-14-29-19/h3-10H,12-14H2,1-2H3,(H,24,26)/b17-9+. The number of rotatable bonds is 7. The maximum absolute atomic E-state index is 12.1. The highest BCUT2D eigenvalue weighted by Gasteiger charge is 2.15. The number of anilines is 1. The van der Waals surface area contributed by atoms with E-state index in [2.05, 4.69) is 5.32 Å². The number of ether oxygens (including phenoxy) is 3. The minimum Gasteiger partial charge on any atom is -0.454 e. The maximum Gasteiger partial charge on any atom is 0.349 e. The summed E-state index contributed by atoms with van der Waals surface area (Å²) in [6.45, 7) is -0.0657. The van der Waals surface area contributed by atoms with E-state index < -0.39 is 18.5 Å². The molecule has 1 aliphatic heterocycles. The molecule has 0 bridgehead atoms. The Morgan fingerprint density at radius 3 is 2.60 bits per heavy atom. The average Bonchev–Trinajstić information content (AvgIpc) is 3.22. The zero-order chi connectivity index (χ0) is 21.5. The Hall–Kier alpha value is -3.99. The molecule has 0 fully saturated rings. The molecule has 30 heavy (non-hydrogen) atoms. The van der Waals surface area contributed by atoms with Gasteiger partial charge in [0.25, 0.3) is 5.91 Å². The number of fused-ring (bicyclic) bond motifs is 1. The highest BCUT2D eigenvalue weighted by molar-refractivity contribution is 5.98. The number of nitriles is 1. The lowest BCUT2D eigenvalue weighted by Gasteiger charge is -2.11. The van der Waals surface area contributed by atoms with Gasteiger partial charge in [0.2, 0.25) is 6.79 Å². The van der Waals surface area contributed by atoms with Crippen LogP contribution in [0, 0.1) is 11.3 Å². The lowest BCUT2D eigenvalue weighted by atomic mass is 10.1. The molecule has 0 aromatic heterocycles. The van der Waals surface area contributed by atoms with Gasteiger partial charge in [-0.1, -0.05) is 18.2 Å². The van der Waals surface area contributed by atoms with Gasteiger partial charge in [0.15, 0.2) is 18.1 Å². The van der Waals surface area contributed by atoms with Crippen molar-refractivity contribution in [3.63, 3.8) is 0 Å². The molecule has 8 heteroatoms. The van der Waals surface area contributed by atoms with Crippen molar-refractivity contribution < 1.29 is 23.8 Å². The van der Waals surface area contributed by atoms with E-state index in [1.54, 1.807) is 30.3 Å². The zero-order valence-electron chi connectivity index (χ0n) is 16.7. The summed E-state index contributed by atoms with van der Waals surface area (Å²) in [6.07, 6.45) is 1.42. The second-order valence-corrected chi connectivity index (χ2v) is 6.70. The Morgan fingerprint density at radius 1 is 1.17 bits per heavy atom. The molecular weight excluding hydrogens is 386 g/mol. The van der Waals surface area contributed by atoms with Gasteiger partial charge < -0.3 is 24.4 Å². The molecule has 0 saturated heterocycles. The summed E-state index contributed by atoms with van der Waals surface area (Å²) in [4.78, 5) is 26.0. The van der Waals surface area contributed by atoms with Crippen molar-refractivity contribution in [3.05, 3.63) is 59.2 Å². The maximum atomic E-state index is 12.1. The average molecular weight is 407 g/mol. The highest BCUT2D eigenvalue weighted by Crippen LogP contribution is 2.32. The number of hydrogen-bond donors (Lipinski definition) is 1. The lowest BCUT2D eigenvalue weighted by Crippen LogP contribution is -2.28. The third-order valence-electron chi connectivity index (χ3n) is 4.32. The summed E-state index contributed by atoms with van der Waals surface area (Å²) in [6, 6.07) is 14.5. The second kappa shape index (κ2) is 9.47. The van der Waals surface area contributed by atoms with E-state index in [4.69, 9.17) is 14.2 Å². The smallest absolute Gasteiger partial charge is 0.349 e. The Balaban J connectivity index is 1.50. The Bertz CT molecular complexity index is 1010. The van der Waals surface area contributed by atoms with Gasteiger partial charge in [-0.3, -0.25) is 4.79 Å². The van der Waals surface area contributed by atoms with Crippen molar-refractivity contribution in [2.24, 2.45) is 0 Å². The number of carbonyl (C=O) groups excluding carboxylic acids is 2. The topological polar surface area (TPSA) is 101 Å². The van der Waals surface area contributed by atoms with Crippen LogP contribution in [0.3, 0.4) is 0 Å². The fraction of sp³-hybridized carbons (Fsp3) is 0.227. The molecule has 0 saturated carbocycles. The molecule has 1 aliphatic rings. The summed E-state index contributed by atoms with van der Waals surface area (Å²) in [7, 11) is 3.83. The van der Waals surface area contributed by atoms with E-state index in [1.807, 2.05) is 37.2 Å². The molecule has 2 aromatic carbocycles. The fourth-order valence-corrected chi connectivity index (χ4v) is 2.68. The van der Waals surface area contributed by atoms with Crippen LogP contribution in [0.15, 0.2) is 48.0 Å². The predicted octanol–water partition coefficient (Wildman–Crippen LogP) is 2.25. The van der Waals surface area contributed by atoms with Crippen molar-refractivity contribution in [1.82, 2.24) is 5.32 Å². The van der Waals surface area contributed by atoms with Crippen molar-refractivity contribution >= 4 is 23.6 Å². The summed E-state index contributed by atoms with van der Waals surface area (Å²) in [5.74, 6) is -0.0529. The fourth-order valence-electron chi connectivity index (χ4n) is 2.68. The first-order chi connectivity index (χ1) is 14.5. The van der Waals surface area contributed by atoms with Crippen LogP contribution in [-0.2, 0) is 20.9 Å². The number of carbonyl (C=O) groups is 2. The minimum atomic E-state index is -0.854. The van der Waals surface area contributed by atoms with Crippen molar-refractivity contribution in [3.8, 4) is 17.6 Å². The third-order valence-corrected chi connectivity index (χ3v) is 4.32. The molecule has 0 spiro atoms. The van der Waals surface area contributed by atoms with E-state index in [1.165, 1.54) is 6.08 Å². The molecule has 8 nitrogen and oxygen atoms in total. The molecule has 2 aromatic rings. The van der Waals surface area contributed by atoms with E-state index in [9.17, 15) is 14.9 Å². The van der Waals surface area contributed by atoms with E-state index >= 15 is 0 Å². The lowest BCUT2D eigenvalue weighted by molar-refractivity contribution is -0.144. The van der Waals surface area contributed by atoms with Gasteiger partial charge in [0.1, 0.15) is 11.6 Å². The molecule has 0 atom stereocenters. The normalized spacial score (nSPS) is 12.1. The first-order valence-corrected chi connectivity index (χ1v) is 9.18. The van der Waals surface area contributed by atoms with Crippen molar-refractivity contribution in [2.45, 2.75) is 6.54 Å². The van der Waals surface area contributed by atoms with Gasteiger partial charge in [0, 0.05) is 26.3 Å². The molecule has 0 aliphatic carbocycles. The van der Waals surface area contributed by atoms with Crippen molar-refractivity contribution in [2.75, 3.05) is 32.4 Å². The molecular formula is C22H21N3O5. The number of hydrogen-bond acceptors (Lipinski definition) is 7. The SMILES string of the molecule is CN(C)c1ccc(/C=C(\C#N)C(=O)OCC(=O)NCc2ccc3c(c2)OCO3)cc1. The molecule has 1 heterocycles. The van der Waals surface area contributed by atoms with Crippen LogP contribution >= 0.6 is 0 Å². The molecule has 1 N–H and O–H groups in total. The Kier molecular flexibility index (Phi) is 6.55. The molecule has 3 rings (SSSR count). The number of esters is 1. The van der Waals surface area contributed by atoms with Gasteiger partial charge in [-0.2, -0.15) is 5.26 Å². The molecule has 0 unspecified atom stereocenters. The summed E-state index contributed by atoms with van der Waals surface area (Å²) in [5, 5.41) is 11.9. The molecule has 0 radical (unpaired) electrons. The largest absolute Gasteiger partial charge is 0.454 e. The summed E-state index contributed by atoms with van der Waals surface area (Å²) in [5.41, 5.74) is 2.31.